The number of aryl methyl sites for hydroxylation is 2. The first kappa shape index (κ1) is 13.7. The van der Waals surface area contributed by atoms with Crippen molar-refractivity contribution in [2.75, 3.05) is 10.6 Å². The molecule has 4 heteroatoms. The third-order valence-electron chi connectivity index (χ3n) is 3.86. The second-order valence-corrected chi connectivity index (χ2v) is 5.47. The van der Waals surface area contributed by atoms with Crippen LogP contribution in [-0.4, -0.2) is 10.5 Å². The second kappa shape index (κ2) is 6.04. The molecule has 0 unspecified atom stereocenters. The monoisotopic (exact) mass is 283 g/mol. The van der Waals surface area contributed by atoms with Crippen LogP contribution in [0, 0.1) is 0 Å². The summed E-state index contributed by atoms with van der Waals surface area (Å²) in [5.41, 5.74) is 4.56. The Balaban J connectivity index is 1.68. The van der Waals surface area contributed by atoms with Crippen molar-refractivity contribution < 1.29 is 4.79 Å². The normalized spacial score (nSPS) is 13.7. The van der Waals surface area contributed by atoms with Gasteiger partial charge in [0.2, 0.25) is 5.91 Å². The Labute approximate surface area is 125 Å². The van der Waals surface area contributed by atoms with Gasteiger partial charge in [-0.2, -0.15) is 0 Å². The van der Waals surface area contributed by atoms with Crippen molar-refractivity contribution in [3.63, 3.8) is 0 Å². The lowest BCUT2D eigenvalue weighted by molar-refractivity contribution is -0.116. The predicted octanol–water partition coefficient (Wildman–Crippen LogP) is 3.39. The van der Waals surface area contributed by atoms with Crippen LogP contribution in [0.4, 0.5) is 11.4 Å². The summed E-state index contributed by atoms with van der Waals surface area (Å²) in [7, 11) is 0. The zero-order valence-corrected chi connectivity index (χ0v) is 12.4. The van der Waals surface area contributed by atoms with E-state index in [1.165, 1.54) is 11.3 Å². The number of carbonyl (C=O) groups is 1. The van der Waals surface area contributed by atoms with E-state index in [4.69, 9.17) is 0 Å². The average molecular weight is 283 g/mol. The first-order valence-electron chi connectivity index (χ1n) is 7.57. The molecule has 4 nitrogen and oxygen atoms in total. The molecular weight excluding hydrogens is 262 g/mol. The standard InChI is InChI=1S/C17H21N3O/c1-2-9-20-10-3-4-15(20)12-18-14-6-7-16-13(11-14)5-8-17(21)19-16/h3-4,6-7,10-11,18H,2,5,8-9,12H2,1H3,(H,19,21). The Morgan fingerprint density at radius 3 is 3.05 bits per heavy atom. The van der Waals surface area contributed by atoms with Gasteiger partial charge in [-0.25, -0.2) is 0 Å². The molecule has 1 aromatic carbocycles. The smallest absolute Gasteiger partial charge is 0.224 e. The van der Waals surface area contributed by atoms with E-state index in [-0.39, 0.29) is 5.91 Å². The van der Waals surface area contributed by atoms with Crippen LogP contribution in [-0.2, 0) is 24.3 Å². The van der Waals surface area contributed by atoms with Crippen LogP contribution in [0.15, 0.2) is 36.5 Å². The molecule has 0 bridgehead atoms. The van der Waals surface area contributed by atoms with Crippen molar-refractivity contribution in [3.05, 3.63) is 47.8 Å². The number of nitrogens with zero attached hydrogens (tertiary/aromatic N) is 1. The van der Waals surface area contributed by atoms with E-state index in [1.807, 2.05) is 12.1 Å². The number of aromatic nitrogens is 1. The molecule has 3 rings (SSSR count). The van der Waals surface area contributed by atoms with Gasteiger partial charge in [-0.05, 0) is 48.7 Å². The van der Waals surface area contributed by atoms with Crippen molar-refractivity contribution in [3.8, 4) is 0 Å². The molecule has 2 heterocycles. The number of anilines is 2. The maximum atomic E-state index is 11.4. The predicted molar refractivity (Wildman–Crippen MR) is 85.4 cm³/mol. The van der Waals surface area contributed by atoms with Gasteiger partial charge in [-0.3, -0.25) is 4.79 Å². The Kier molecular flexibility index (Phi) is 3.95. The highest BCUT2D eigenvalue weighted by Crippen LogP contribution is 2.25. The van der Waals surface area contributed by atoms with Gasteiger partial charge in [-0.1, -0.05) is 6.92 Å². The number of hydrogen-bond acceptors (Lipinski definition) is 2. The van der Waals surface area contributed by atoms with Gasteiger partial charge in [0.15, 0.2) is 0 Å². The fourth-order valence-corrected chi connectivity index (χ4v) is 2.75. The number of amides is 1. The van der Waals surface area contributed by atoms with Gasteiger partial charge >= 0.3 is 0 Å². The molecule has 0 aliphatic carbocycles. The Morgan fingerprint density at radius 1 is 1.29 bits per heavy atom. The number of nitrogens with one attached hydrogen (secondary N) is 2. The van der Waals surface area contributed by atoms with Gasteiger partial charge in [-0.15, -0.1) is 0 Å². The highest BCUT2D eigenvalue weighted by Gasteiger charge is 2.14. The molecule has 1 aliphatic heterocycles. The van der Waals surface area contributed by atoms with Crippen molar-refractivity contribution >= 4 is 17.3 Å². The van der Waals surface area contributed by atoms with Gasteiger partial charge in [0.1, 0.15) is 0 Å². The van der Waals surface area contributed by atoms with Crippen LogP contribution in [0.3, 0.4) is 0 Å². The van der Waals surface area contributed by atoms with Gasteiger partial charge in [0, 0.05) is 36.2 Å². The topological polar surface area (TPSA) is 46.1 Å². The number of rotatable bonds is 5. The fourth-order valence-electron chi connectivity index (χ4n) is 2.75. The van der Waals surface area contributed by atoms with Gasteiger partial charge < -0.3 is 15.2 Å². The lowest BCUT2D eigenvalue weighted by atomic mass is 10.0. The van der Waals surface area contributed by atoms with Crippen molar-refractivity contribution in [2.45, 2.75) is 39.3 Å². The summed E-state index contributed by atoms with van der Waals surface area (Å²) in [5.74, 6) is 0.112. The highest BCUT2D eigenvalue weighted by atomic mass is 16.1. The first-order chi connectivity index (χ1) is 10.3. The Hall–Kier alpha value is -2.23. The molecule has 1 aromatic heterocycles. The van der Waals surface area contributed by atoms with E-state index in [0.29, 0.717) is 6.42 Å². The van der Waals surface area contributed by atoms with Crippen molar-refractivity contribution in [1.82, 2.24) is 4.57 Å². The number of benzene rings is 1. The minimum Gasteiger partial charge on any atom is -0.379 e. The molecule has 0 saturated heterocycles. The molecule has 21 heavy (non-hydrogen) atoms. The van der Waals surface area contributed by atoms with E-state index in [9.17, 15) is 4.79 Å². The zero-order valence-electron chi connectivity index (χ0n) is 12.4. The summed E-state index contributed by atoms with van der Waals surface area (Å²) in [6, 6.07) is 10.4. The third-order valence-corrected chi connectivity index (χ3v) is 3.86. The van der Waals surface area contributed by atoms with E-state index < -0.39 is 0 Å². The maximum absolute atomic E-state index is 11.4. The van der Waals surface area contributed by atoms with Crippen molar-refractivity contribution in [1.29, 1.82) is 0 Å². The molecule has 1 amide bonds. The highest BCUT2D eigenvalue weighted by molar-refractivity contribution is 5.94. The minimum atomic E-state index is 0.112. The van der Waals surface area contributed by atoms with Crippen LogP contribution >= 0.6 is 0 Å². The summed E-state index contributed by atoms with van der Waals surface area (Å²) in [5, 5.41) is 6.39. The quantitative estimate of drug-likeness (QED) is 0.883. The number of fused-ring (bicyclic) bond motifs is 1. The summed E-state index contributed by atoms with van der Waals surface area (Å²) in [4.78, 5) is 11.4. The molecule has 110 valence electrons. The largest absolute Gasteiger partial charge is 0.379 e. The lowest BCUT2D eigenvalue weighted by Gasteiger charge is -2.18. The molecule has 1 aliphatic rings. The third kappa shape index (κ3) is 3.10. The molecule has 2 aromatic rings. The second-order valence-electron chi connectivity index (χ2n) is 5.47. The number of hydrogen-bond donors (Lipinski definition) is 2. The first-order valence-corrected chi connectivity index (χ1v) is 7.57. The van der Waals surface area contributed by atoms with E-state index in [2.05, 4.69) is 46.5 Å². The number of carbonyl (C=O) groups excluding carboxylic acids is 1. The molecule has 0 saturated carbocycles. The van der Waals surface area contributed by atoms with E-state index >= 15 is 0 Å². The SMILES string of the molecule is CCCn1cccc1CNc1ccc2c(c1)CCC(=O)N2. The Bertz CT molecular complexity index is 645. The Morgan fingerprint density at radius 2 is 2.19 bits per heavy atom. The molecule has 2 N–H and O–H groups in total. The van der Waals surface area contributed by atoms with Crippen LogP contribution in [0.1, 0.15) is 31.0 Å². The van der Waals surface area contributed by atoms with E-state index in [0.717, 1.165) is 37.3 Å². The summed E-state index contributed by atoms with van der Waals surface area (Å²) in [6.07, 6.45) is 4.67. The van der Waals surface area contributed by atoms with Crippen LogP contribution in [0.5, 0.6) is 0 Å². The molecule has 0 radical (unpaired) electrons. The van der Waals surface area contributed by atoms with Crippen LogP contribution in [0.25, 0.3) is 0 Å². The zero-order chi connectivity index (χ0) is 14.7. The summed E-state index contributed by atoms with van der Waals surface area (Å²) >= 11 is 0. The lowest BCUT2D eigenvalue weighted by Crippen LogP contribution is -2.19. The molecular formula is C17H21N3O. The van der Waals surface area contributed by atoms with Gasteiger partial charge in [0.25, 0.3) is 0 Å². The van der Waals surface area contributed by atoms with Crippen LogP contribution < -0.4 is 10.6 Å². The molecule has 0 fully saturated rings. The summed E-state index contributed by atoms with van der Waals surface area (Å²) in [6.45, 7) is 4.06. The van der Waals surface area contributed by atoms with Crippen LogP contribution in [0.2, 0.25) is 0 Å². The average Bonchev–Trinajstić information content (AvgIpc) is 2.93. The molecule has 0 atom stereocenters. The fraction of sp³-hybridized carbons (Fsp3) is 0.353. The molecule has 0 spiro atoms. The maximum Gasteiger partial charge on any atom is 0.224 e. The van der Waals surface area contributed by atoms with Gasteiger partial charge in [0.05, 0.1) is 6.54 Å². The minimum absolute atomic E-state index is 0.112. The van der Waals surface area contributed by atoms with Crippen molar-refractivity contribution in [2.24, 2.45) is 0 Å². The van der Waals surface area contributed by atoms with E-state index in [1.54, 1.807) is 0 Å². The summed E-state index contributed by atoms with van der Waals surface area (Å²) < 4.78 is 2.28.